The van der Waals surface area contributed by atoms with E-state index in [0.717, 1.165) is 5.76 Å². The van der Waals surface area contributed by atoms with E-state index in [1.165, 1.54) is 10.4 Å². The van der Waals surface area contributed by atoms with Crippen molar-refractivity contribution in [3.8, 4) is 0 Å². The second kappa shape index (κ2) is 3.98. The van der Waals surface area contributed by atoms with Gasteiger partial charge < -0.3 is 9.73 Å². The first kappa shape index (κ1) is 9.49. The highest BCUT2D eigenvalue weighted by Crippen LogP contribution is 2.27. The van der Waals surface area contributed by atoms with Crippen LogP contribution in [0.15, 0.2) is 34.3 Å². The molecule has 2 nitrogen and oxygen atoms in total. The zero-order chi connectivity index (χ0) is 9.97. The van der Waals surface area contributed by atoms with E-state index >= 15 is 0 Å². The van der Waals surface area contributed by atoms with Crippen LogP contribution in [0.1, 0.15) is 22.2 Å². The molecule has 2 aromatic rings. The molecule has 3 heteroatoms. The van der Waals surface area contributed by atoms with E-state index in [9.17, 15) is 0 Å². The molecule has 0 bridgehead atoms. The number of nitrogens with one attached hydrogen (secondary N) is 1. The standard InChI is InChI=1S/C11H13NOS/c1-8-9(5-7-14-8)11(12-2)10-4-3-6-13-10/h3-7,11-12H,1-2H3. The van der Waals surface area contributed by atoms with Crippen molar-refractivity contribution in [2.45, 2.75) is 13.0 Å². The fourth-order valence-corrected chi connectivity index (χ4v) is 2.34. The Morgan fingerprint density at radius 2 is 2.29 bits per heavy atom. The quantitative estimate of drug-likeness (QED) is 0.837. The number of hydrogen-bond acceptors (Lipinski definition) is 3. The Hall–Kier alpha value is -1.06. The van der Waals surface area contributed by atoms with Gasteiger partial charge in [0.25, 0.3) is 0 Å². The smallest absolute Gasteiger partial charge is 0.125 e. The molecule has 2 heterocycles. The average molecular weight is 207 g/mol. The van der Waals surface area contributed by atoms with Crippen LogP contribution in [0.4, 0.5) is 0 Å². The third kappa shape index (κ3) is 1.61. The fraction of sp³-hybridized carbons (Fsp3) is 0.273. The van der Waals surface area contributed by atoms with Crippen LogP contribution >= 0.6 is 11.3 Å². The molecule has 2 rings (SSSR count). The van der Waals surface area contributed by atoms with Gasteiger partial charge in [0.05, 0.1) is 12.3 Å². The third-order valence-corrected chi connectivity index (χ3v) is 3.19. The minimum atomic E-state index is 0.177. The summed E-state index contributed by atoms with van der Waals surface area (Å²) in [5.41, 5.74) is 1.30. The molecular formula is C11H13NOS. The maximum absolute atomic E-state index is 5.41. The molecule has 0 spiro atoms. The maximum atomic E-state index is 5.41. The van der Waals surface area contributed by atoms with Gasteiger partial charge in [-0.3, -0.25) is 0 Å². The van der Waals surface area contributed by atoms with Crippen molar-refractivity contribution in [1.82, 2.24) is 5.32 Å². The Labute approximate surface area is 87.6 Å². The van der Waals surface area contributed by atoms with Crippen LogP contribution in [-0.4, -0.2) is 7.05 Å². The van der Waals surface area contributed by atoms with Crippen LogP contribution in [0.3, 0.4) is 0 Å². The molecular weight excluding hydrogens is 194 g/mol. The van der Waals surface area contributed by atoms with Gasteiger partial charge in [0.2, 0.25) is 0 Å². The lowest BCUT2D eigenvalue weighted by Gasteiger charge is -2.13. The summed E-state index contributed by atoms with van der Waals surface area (Å²) in [6.45, 7) is 2.13. The molecule has 1 N–H and O–H groups in total. The van der Waals surface area contributed by atoms with Crippen molar-refractivity contribution in [1.29, 1.82) is 0 Å². The van der Waals surface area contributed by atoms with E-state index in [2.05, 4.69) is 23.7 Å². The average Bonchev–Trinajstić information content (AvgIpc) is 2.80. The Balaban J connectivity index is 2.36. The first-order valence-electron chi connectivity index (χ1n) is 4.57. The SMILES string of the molecule is CNC(c1ccco1)c1ccsc1C. The predicted octanol–water partition coefficient (Wildman–Crippen LogP) is 2.96. The van der Waals surface area contributed by atoms with E-state index in [1.54, 1.807) is 17.6 Å². The number of thiophene rings is 1. The van der Waals surface area contributed by atoms with Crippen LogP contribution in [0, 0.1) is 6.92 Å². The molecule has 0 saturated heterocycles. The number of rotatable bonds is 3. The van der Waals surface area contributed by atoms with E-state index in [-0.39, 0.29) is 6.04 Å². The van der Waals surface area contributed by atoms with Crippen LogP contribution in [0.2, 0.25) is 0 Å². The van der Waals surface area contributed by atoms with Crippen molar-refractivity contribution in [3.05, 3.63) is 46.0 Å². The molecule has 74 valence electrons. The Morgan fingerprint density at radius 3 is 2.79 bits per heavy atom. The molecule has 14 heavy (non-hydrogen) atoms. The van der Waals surface area contributed by atoms with Crippen molar-refractivity contribution in [2.24, 2.45) is 0 Å². The number of aryl methyl sites for hydroxylation is 1. The van der Waals surface area contributed by atoms with E-state index in [4.69, 9.17) is 4.42 Å². The maximum Gasteiger partial charge on any atom is 0.125 e. The first-order valence-corrected chi connectivity index (χ1v) is 5.45. The number of furan rings is 1. The van der Waals surface area contributed by atoms with Crippen LogP contribution in [0.5, 0.6) is 0 Å². The second-order valence-electron chi connectivity index (χ2n) is 3.17. The first-order chi connectivity index (χ1) is 6.83. The van der Waals surface area contributed by atoms with Crippen molar-refractivity contribution in [2.75, 3.05) is 7.05 Å². The lowest BCUT2D eigenvalue weighted by molar-refractivity contribution is 0.463. The highest BCUT2D eigenvalue weighted by atomic mass is 32.1. The topological polar surface area (TPSA) is 25.2 Å². The molecule has 1 atom stereocenters. The second-order valence-corrected chi connectivity index (χ2v) is 4.29. The molecule has 0 fully saturated rings. The monoisotopic (exact) mass is 207 g/mol. The zero-order valence-electron chi connectivity index (χ0n) is 8.28. The van der Waals surface area contributed by atoms with Gasteiger partial charge in [-0.05, 0) is 43.1 Å². The summed E-state index contributed by atoms with van der Waals surface area (Å²) in [4.78, 5) is 1.33. The van der Waals surface area contributed by atoms with Gasteiger partial charge >= 0.3 is 0 Å². The normalized spacial score (nSPS) is 13.0. The van der Waals surface area contributed by atoms with Crippen molar-refractivity contribution < 1.29 is 4.42 Å². The minimum Gasteiger partial charge on any atom is -0.467 e. The highest BCUT2D eigenvalue weighted by Gasteiger charge is 2.16. The minimum absolute atomic E-state index is 0.177. The lowest BCUT2D eigenvalue weighted by Crippen LogP contribution is -2.16. The third-order valence-electron chi connectivity index (χ3n) is 2.33. The van der Waals surface area contributed by atoms with E-state index in [0.29, 0.717) is 0 Å². The largest absolute Gasteiger partial charge is 0.467 e. The van der Waals surface area contributed by atoms with Gasteiger partial charge in [-0.25, -0.2) is 0 Å². The van der Waals surface area contributed by atoms with Crippen LogP contribution < -0.4 is 5.32 Å². The number of hydrogen-bond donors (Lipinski definition) is 1. The molecule has 2 aromatic heterocycles. The van der Waals surface area contributed by atoms with Gasteiger partial charge in [0, 0.05) is 4.88 Å². The van der Waals surface area contributed by atoms with Crippen LogP contribution in [-0.2, 0) is 0 Å². The Morgan fingerprint density at radius 1 is 1.43 bits per heavy atom. The van der Waals surface area contributed by atoms with Crippen molar-refractivity contribution >= 4 is 11.3 Å². The van der Waals surface area contributed by atoms with Gasteiger partial charge in [-0.2, -0.15) is 0 Å². The molecule has 1 unspecified atom stereocenters. The molecule has 0 aliphatic carbocycles. The molecule has 0 amide bonds. The van der Waals surface area contributed by atoms with Gasteiger partial charge in [0.1, 0.15) is 5.76 Å². The van der Waals surface area contributed by atoms with Crippen molar-refractivity contribution in [3.63, 3.8) is 0 Å². The molecule has 0 aromatic carbocycles. The molecule has 0 saturated carbocycles. The summed E-state index contributed by atoms with van der Waals surface area (Å²) in [5.74, 6) is 0.967. The van der Waals surface area contributed by atoms with Gasteiger partial charge in [-0.15, -0.1) is 11.3 Å². The fourth-order valence-electron chi connectivity index (χ4n) is 1.60. The van der Waals surface area contributed by atoms with Gasteiger partial charge in [-0.1, -0.05) is 0 Å². The zero-order valence-corrected chi connectivity index (χ0v) is 9.10. The van der Waals surface area contributed by atoms with E-state index < -0.39 is 0 Å². The van der Waals surface area contributed by atoms with Crippen LogP contribution in [0.25, 0.3) is 0 Å². The predicted molar refractivity (Wildman–Crippen MR) is 58.7 cm³/mol. The summed E-state index contributed by atoms with van der Waals surface area (Å²) < 4.78 is 5.41. The summed E-state index contributed by atoms with van der Waals surface area (Å²) >= 11 is 1.76. The van der Waals surface area contributed by atoms with Gasteiger partial charge in [0.15, 0.2) is 0 Å². The summed E-state index contributed by atoms with van der Waals surface area (Å²) in [6, 6.07) is 6.24. The molecule has 0 aliphatic heterocycles. The summed E-state index contributed by atoms with van der Waals surface area (Å²) in [6.07, 6.45) is 1.71. The summed E-state index contributed by atoms with van der Waals surface area (Å²) in [7, 11) is 1.95. The van der Waals surface area contributed by atoms with E-state index in [1.807, 2.05) is 19.2 Å². The lowest BCUT2D eigenvalue weighted by atomic mass is 10.1. The molecule has 0 aliphatic rings. The highest BCUT2D eigenvalue weighted by molar-refractivity contribution is 7.10. The summed E-state index contributed by atoms with van der Waals surface area (Å²) in [5, 5.41) is 5.37. The Bertz CT molecular complexity index is 391. The molecule has 0 radical (unpaired) electrons. The Kier molecular flexibility index (Phi) is 2.70.